The van der Waals surface area contributed by atoms with Crippen LogP contribution in [0.4, 0.5) is 0 Å². The Morgan fingerprint density at radius 3 is 2.25 bits per heavy atom. The number of ether oxygens (including phenoxy) is 1. The van der Waals surface area contributed by atoms with Crippen molar-refractivity contribution < 1.29 is 29.0 Å². The van der Waals surface area contributed by atoms with Crippen molar-refractivity contribution in [2.24, 2.45) is 56.2 Å². The first-order valence-corrected chi connectivity index (χ1v) is 21.8. The van der Waals surface area contributed by atoms with E-state index in [0.29, 0.717) is 48.1 Å². The van der Waals surface area contributed by atoms with Crippen LogP contribution in [0.15, 0.2) is 35.4 Å². The maximum Gasteiger partial charge on any atom is 0.309 e. The number of aliphatic carboxylic acids is 1. The first-order chi connectivity index (χ1) is 26.1. The van der Waals surface area contributed by atoms with Gasteiger partial charge in [-0.05, 0) is 142 Å². The first kappa shape index (κ1) is 42.9. The van der Waals surface area contributed by atoms with E-state index >= 15 is 0 Å². The van der Waals surface area contributed by atoms with E-state index in [1.54, 1.807) is 13.8 Å². The van der Waals surface area contributed by atoms with Gasteiger partial charge in [0.25, 0.3) is 0 Å². The monoisotopic (exact) mass is 792 g/mol. The topological polar surface area (TPSA) is 113 Å². The lowest BCUT2D eigenvalue weighted by atomic mass is 9.33. The van der Waals surface area contributed by atoms with Crippen molar-refractivity contribution in [3.8, 4) is 0 Å². The molecule has 5 aliphatic carbocycles. The number of ketones is 1. The summed E-state index contributed by atoms with van der Waals surface area (Å²) in [6.45, 7) is 21.2. The number of rotatable bonds is 12. The van der Waals surface area contributed by atoms with E-state index in [1.165, 1.54) is 5.57 Å². The minimum atomic E-state index is -1.17. The van der Waals surface area contributed by atoms with Crippen LogP contribution in [-0.4, -0.2) is 59.9 Å². The summed E-state index contributed by atoms with van der Waals surface area (Å²) < 4.78 is 6.19. The third-order valence-corrected chi connectivity index (χ3v) is 17.0. The zero-order valence-electron chi connectivity index (χ0n) is 35.9. The van der Waals surface area contributed by atoms with E-state index in [4.69, 9.17) is 16.3 Å². The maximum absolute atomic E-state index is 14.2. The molecule has 2 N–H and O–H groups in total. The number of amides is 1. The predicted molar refractivity (Wildman–Crippen MR) is 221 cm³/mol. The summed E-state index contributed by atoms with van der Waals surface area (Å²) in [5, 5.41) is 13.4. The van der Waals surface area contributed by atoms with Crippen molar-refractivity contribution in [2.75, 3.05) is 20.1 Å². The molecule has 0 aliphatic heterocycles. The van der Waals surface area contributed by atoms with Gasteiger partial charge in [0, 0.05) is 35.4 Å². The summed E-state index contributed by atoms with van der Waals surface area (Å²) in [6, 6.07) is 7.74. The van der Waals surface area contributed by atoms with Crippen molar-refractivity contribution in [1.29, 1.82) is 0 Å². The van der Waals surface area contributed by atoms with Crippen LogP contribution in [0.5, 0.6) is 0 Å². The normalized spacial score (nSPS) is 35.0. The second kappa shape index (κ2) is 15.1. The van der Waals surface area contributed by atoms with Crippen molar-refractivity contribution in [3.05, 3.63) is 46.0 Å². The van der Waals surface area contributed by atoms with Gasteiger partial charge in [0.2, 0.25) is 5.91 Å². The minimum absolute atomic E-state index is 0.0221. The van der Waals surface area contributed by atoms with Crippen LogP contribution in [0.25, 0.3) is 0 Å². The number of carbonyl (C=O) groups excluding carboxylic acids is 3. The minimum Gasteiger partial charge on any atom is -0.481 e. The smallest absolute Gasteiger partial charge is 0.309 e. The van der Waals surface area contributed by atoms with Gasteiger partial charge < -0.3 is 20.1 Å². The molecule has 9 heteroatoms. The Balaban J connectivity index is 1.27. The summed E-state index contributed by atoms with van der Waals surface area (Å²) in [7, 11) is 1.81. The fourth-order valence-electron chi connectivity index (χ4n) is 13.6. The van der Waals surface area contributed by atoms with Crippen LogP contribution in [0.3, 0.4) is 0 Å². The van der Waals surface area contributed by atoms with E-state index in [9.17, 15) is 24.3 Å². The zero-order valence-corrected chi connectivity index (χ0v) is 36.7. The molecule has 56 heavy (non-hydrogen) atoms. The summed E-state index contributed by atoms with van der Waals surface area (Å²) >= 11 is 6.20. The molecule has 0 saturated heterocycles. The largest absolute Gasteiger partial charge is 0.481 e. The number of fused-ring (bicyclic) bond motifs is 7. The van der Waals surface area contributed by atoms with Crippen LogP contribution < -0.4 is 5.32 Å². The Kier molecular flexibility index (Phi) is 11.6. The van der Waals surface area contributed by atoms with Gasteiger partial charge in [-0.1, -0.05) is 77.8 Å². The van der Waals surface area contributed by atoms with Gasteiger partial charge in [-0.25, -0.2) is 0 Å². The average molecular weight is 794 g/mol. The van der Waals surface area contributed by atoms with E-state index in [1.807, 2.05) is 36.2 Å². The number of carbonyl (C=O) groups is 4. The lowest BCUT2D eigenvalue weighted by molar-refractivity contribution is -0.233. The molecule has 6 rings (SSSR count). The number of halogens is 1. The Labute approximate surface area is 341 Å². The number of hydrogen-bond donors (Lipinski definition) is 2. The van der Waals surface area contributed by atoms with Gasteiger partial charge in [0.15, 0.2) is 5.78 Å². The standard InChI is InChI=1S/C47H69ClN2O6/c1-29(2)39-33(51)25-47(23-24-50(37(52)27-49-10)28-30-11-13-31(48)14-12-30)22-21-45(8)32(40(39)47)15-16-35-44(7)19-18-36(56-38(53)26-42(3,4)41(54)55)43(5,6)34(44)17-20-46(35,45)9/h11-14,29,32,34-36,49H,15-28H2,1-10H3,(H,54,55)/t32?,34-,35?,36-,44-,45+,46+,47?/m0/s1. The number of benzene rings is 1. The van der Waals surface area contributed by atoms with Crippen molar-refractivity contribution in [2.45, 2.75) is 146 Å². The molecule has 1 aromatic carbocycles. The molecule has 8 nitrogen and oxygen atoms in total. The van der Waals surface area contributed by atoms with Gasteiger partial charge in [0.05, 0.1) is 18.4 Å². The highest BCUT2D eigenvalue weighted by molar-refractivity contribution is 6.30. The highest BCUT2D eigenvalue weighted by atomic mass is 35.5. The predicted octanol–water partition coefficient (Wildman–Crippen LogP) is 9.67. The Morgan fingerprint density at radius 1 is 0.946 bits per heavy atom. The van der Waals surface area contributed by atoms with Crippen LogP contribution >= 0.6 is 11.6 Å². The molecule has 8 atom stereocenters. The zero-order chi connectivity index (χ0) is 41.2. The highest BCUT2D eigenvalue weighted by Crippen LogP contribution is 2.77. The molecular weight excluding hydrogens is 724 g/mol. The molecule has 310 valence electrons. The van der Waals surface area contributed by atoms with Gasteiger partial charge in [-0.15, -0.1) is 0 Å². The quantitative estimate of drug-likeness (QED) is 0.203. The van der Waals surface area contributed by atoms with Crippen molar-refractivity contribution >= 4 is 35.2 Å². The molecule has 5 aliphatic rings. The van der Waals surface area contributed by atoms with E-state index < -0.39 is 17.4 Å². The van der Waals surface area contributed by atoms with Crippen LogP contribution in [0.1, 0.15) is 139 Å². The number of likely N-dealkylation sites (N-methyl/N-ethyl adjacent to an activating group) is 1. The Hall–Kier alpha value is -2.71. The number of allylic oxidation sites excluding steroid dienone is 2. The van der Waals surface area contributed by atoms with Crippen LogP contribution in [0, 0.1) is 56.2 Å². The molecule has 1 amide bonds. The fourth-order valence-corrected chi connectivity index (χ4v) is 13.7. The van der Waals surface area contributed by atoms with E-state index in [2.05, 4.69) is 53.8 Å². The van der Waals surface area contributed by atoms with E-state index in [0.717, 1.165) is 68.9 Å². The Bertz CT molecular complexity index is 1750. The summed E-state index contributed by atoms with van der Waals surface area (Å²) in [6.07, 6.45) is 9.08. The fraction of sp³-hybridized carbons (Fsp3) is 0.745. The molecular formula is C47H69ClN2O6. The summed E-state index contributed by atoms with van der Waals surface area (Å²) in [4.78, 5) is 54.7. The number of carboxylic acids is 1. The number of hydrogen-bond acceptors (Lipinski definition) is 6. The van der Waals surface area contributed by atoms with Crippen molar-refractivity contribution in [3.63, 3.8) is 0 Å². The molecule has 0 spiro atoms. The number of esters is 1. The molecule has 0 bridgehead atoms. The maximum atomic E-state index is 14.2. The van der Waals surface area contributed by atoms with Crippen molar-refractivity contribution in [1.82, 2.24) is 10.2 Å². The summed E-state index contributed by atoms with van der Waals surface area (Å²) in [5.74, 6) is 0.308. The SMILES string of the molecule is CNCC(=O)N(CCC12CC[C@]3(C)C(CCC4[C@@]5(C)CC[C@H](OC(=O)CC(C)(C)C(=O)O)C(C)(C)[C@@H]5CC[C@]43C)C1=C(C(C)C)C(=O)C2)Cc1ccc(Cl)cc1. The Morgan fingerprint density at radius 2 is 1.62 bits per heavy atom. The van der Waals surface area contributed by atoms with Crippen LogP contribution in [-0.2, 0) is 30.5 Å². The summed E-state index contributed by atoms with van der Waals surface area (Å²) in [5.41, 5.74) is 2.07. The highest BCUT2D eigenvalue weighted by Gasteiger charge is 2.70. The van der Waals surface area contributed by atoms with Crippen LogP contribution in [0.2, 0.25) is 5.02 Å². The lowest BCUT2D eigenvalue weighted by Crippen LogP contribution is -2.65. The number of nitrogens with one attached hydrogen (secondary N) is 1. The second-order valence-corrected chi connectivity index (χ2v) is 21.3. The second-order valence-electron chi connectivity index (χ2n) is 20.9. The molecule has 0 aromatic heterocycles. The molecule has 4 fully saturated rings. The molecule has 1 aromatic rings. The van der Waals surface area contributed by atoms with Gasteiger partial charge >= 0.3 is 11.9 Å². The third kappa shape index (κ3) is 7.09. The lowest BCUT2D eigenvalue weighted by Gasteiger charge is -2.72. The molecule has 3 unspecified atom stereocenters. The van der Waals surface area contributed by atoms with Gasteiger partial charge in [-0.2, -0.15) is 0 Å². The third-order valence-electron chi connectivity index (χ3n) is 16.8. The molecule has 0 heterocycles. The number of nitrogens with zero attached hydrogens (tertiary/aromatic N) is 1. The number of carboxylic acid groups (broad SMARTS) is 1. The van der Waals surface area contributed by atoms with Gasteiger partial charge in [-0.3, -0.25) is 19.2 Å². The van der Waals surface area contributed by atoms with Gasteiger partial charge in [0.1, 0.15) is 6.10 Å². The molecule has 0 radical (unpaired) electrons. The molecule has 4 saturated carbocycles. The first-order valence-electron chi connectivity index (χ1n) is 21.4. The van der Waals surface area contributed by atoms with E-state index in [-0.39, 0.29) is 58.0 Å². The number of Topliss-reactive ketones (excluding diaryl/α,β-unsaturated/α-hetero) is 1. The average Bonchev–Trinajstić information content (AvgIpc) is 3.41.